The Hall–Kier alpha value is -3.41. The first-order valence-electron chi connectivity index (χ1n) is 10.4. The highest BCUT2D eigenvalue weighted by Gasteiger charge is 2.15. The molecule has 0 unspecified atom stereocenters. The Bertz CT molecular complexity index is 1030. The van der Waals surface area contributed by atoms with E-state index in [2.05, 4.69) is 25.5 Å². The Labute approximate surface area is 177 Å². The molecule has 154 valence electrons. The van der Waals surface area contributed by atoms with E-state index in [4.69, 9.17) is 0 Å². The summed E-state index contributed by atoms with van der Waals surface area (Å²) in [5.41, 5.74) is 4.75. The van der Waals surface area contributed by atoms with E-state index < -0.39 is 0 Å². The van der Waals surface area contributed by atoms with Gasteiger partial charge < -0.3 is 15.5 Å². The Morgan fingerprint density at radius 2 is 1.70 bits per heavy atom. The maximum Gasteiger partial charge on any atom is 0.229 e. The van der Waals surface area contributed by atoms with Crippen molar-refractivity contribution in [2.45, 2.75) is 33.1 Å². The molecular formula is C24H27N5O. The van der Waals surface area contributed by atoms with Crippen molar-refractivity contribution in [3.05, 3.63) is 71.4 Å². The predicted molar refractivity (Wildman–Crippen MR) is 121 cm³/mol. The summed E-state index contributed by atoms with van der Waals surface area (Å²) in [6.45, 7) is 6.11. The zero-order valence-corrected chi connectivity index (χ0v) is 17.5. The van der Waals surface area contributed by atoms with Gasteiger partial charge in [0.25, 0.3) is 0 Å². The summed E-state index contributed by atoms with van der Waals surface area (Å²) < 4.78 is 0. The number of carbonyl (C=O) groups is 1. The second-order valence-electron chi connectivity index (χ2n) is 7.80. The molecule has 1 aliphatic rings. The molecule has 0 atom stereocenters. The van der Waals surface area contributed by atoms with Crippen LogP contribution in [0.15, 0.2) is 54.6 Å². The normalized spacial score (nSPS) is 13.3. The number of benzene rings is 2. The minimum atomic E-state index is -0.0291. The van der Waals surface area contributed by atoms with E-state index in [1.807, 2.05) is 68.4 Å². The van der Waals surface area contributed by atoms with Crippen molar-refractivity contribution >= 4 is 29.0 Å². The third-order valence-electron chi connectivity index (χ3n) is 5.14. The van der Waals surface area contributed by atoms with E-state index >= 15 is 0 Å². The number of nitrogens with one attached hydrogen (secondary N) is 2. The van der Waals surface area contributed by atoms with Crippen LogP contribution in [0, 0.1) is 13.8 Å². The van der Waals surface area contributed by atoms with Crippen molar-refractivity contribution in [3.63, 3.8) is 0 Å². The predicted octanol–water partition coefficient (Wildman–Crippen LogP) is 4.62. The van der Waals surface area contributed by atoms with Crippen LogP contribution in [0.3, 0.4) is 0 Å². The highest BCUT2D eigenvalue weighted by atomic mass is 16.1. The van der Waals surface area contributed by atoms with Crippen molar-refractivity contribution in [1.82, 2.24) is 9.97 Å². The SMILES string of the molecule is Cc1cccc(CC(=O)Nc2ccc(Nc3nc(C)cc(N4CCCC4)n3)cc2)c1. The smallest absolute Gasteiger partial charge is 0.229 e. The molecular weight excluding hydrogens is 374 g/mol. The lowest BCUT2D eigenvalue weighted by Crippen LogP contribution is -2.19. The fourth-order valence-electron chi connectivity index (χ4n) is 3.69. The van der Waals surface area contributed by atoms with Crippen molar-refractivity contribution in [2.75, 3.05) is 28.6 Å². The second kappa shape index (κ2) is 8.95. The molecule has 6 nitrogen and oxygen atoms in total. The first-order chi connectivity index (χ1) is 14.5. The van der Waals surface area contributed by atoms with Crippen molar-refractivity contribution in [2.24, 2.45) is 0 Å². The molecule has 1 amide bonds. The molecule has 6 heteroatoms. The zero-order chi connectivity index (χ0) is 20.9. The van der Waals surface area contributed by atoms with Gasteiger partial charge in [-0.3, -0.25) is 4.79 Å². The van der Waals surface area contributed by atoms with Crippen LogP contribution in [-0.2, 0) is 11.2 Å². The summed E-state index contributed by atoms with van der Waals surface area (Å²) in [6.07, 6.45) is 2.78. The second-order valence-corrected chi connectivity index (χ2v) is 7.80. The van der Waals surface area contributed by atoms with Gasteiger partial charge in [0.2, 0.25) is 11.9 Å². The lowest BCUT2D eigenvalue weighted by molar-refractivity contribution is -0.115. The van der Waals surface area contributed by atoms with Crippen LogP contribution < -0.4 is 15.5 Å². The third-order valence-corrected chi connectivity index (χ3v) is 5.14. The van der Waals surface area contributed by atoms with Gasteiger partial charge in [0.15, 0.2) is 0 Å². The Morgan fingerprint density at radius 3 is 2.43 bits per heavy atom. The molecule has 3 aromatic rings. The van der Waals surface area contributed by atoms with Gasteiger partial charge in [-0.15, -0.1) is 0 Å². The molecule has 1 saturated heterocycles. The van der Waals surface area contributed by atoms with Crippen LogP contribution in [0.1, 0.15) is 29.7 Å². The Balaban J connectivity index is 1.38. The van der Waals surface area contributed by atoms with Gasteiger partial charge in [-0.2, -0.15) is 4.98 Å². The zero-order valence-electron chi connectivity index (χ0n) is 17.5. The van der Waals surface area contributed by atoms with Crippen molar-refractivity contribution < 1.29 is 4.79 Å². The van der Waals surface area contributed by atoms with Gasteiger partial charge >= 0.3 is 0 Å². The van der Waals surface area contributed by atoms with Crippen molar-refractivity contribution in [3.8, 4) is 0 Å². The Morgan fingerprint density at radius 1 is 0.967 bits per heavy atom. The summed E-state index contributed by atoms with van der Waals surface area (Å²) in [6, 6.07) is 17.6. The van der Waals surface area contributed by atoms with E-state index in [1.54, 1.807) is 0 Å². The molecule has 0 bridgehead atoms. The number of hydrogen-bond acceptors (Lipinski definition) is 5. The highest BCUT2D eigenvalue weighted by Crippen LogP contribution is 2.22. The van der Waals surface area contributed by atoms with Crippen LogP contribution in [-0.4, -0.2) is 29.0 Å². The lowest BCUT2D eigenvalue weighted by Gasteiger charge is -2.17. The van der Waals surface area contributed by atoms with Crippen LogP contribution in [0.25, 0.3) is 0 Å². The standard InChI is InChI=1S/C24H27N5O/c1-17-6-5-7-19(14-17)16-23(30)26-20-8-10-21(11-9-20)27-24-25-18(2)15-22(28-24)29-12-3-4-13-29/h5-11,14-15H,3-4,12-13,16H2,1-2H3,(H,26,30)(H,25,27,28). The van der Waals surface area contributed by atoms with Gasteiger partial charge in [0.05, 0.1) is 6.42 Å². The minimum absolute atomic E-state index is 0.0291. The molecule has 0 spiro atoms. The van der Waals surface area contributed by atoms with Gasteiger partial charge in [-0.05, 0) is 56.5 Å². The third kappa shape index (κ3) is 5.14. The molecule has 30 heavy (non-hydrogen) atoms. The number of amides is 1. The molecule has 1 fully saturated rings. The molecule has 2 N–H and O–H groups in total. The average molecular weight is 402 g/mol. The largest absolute Gasteiger partial charge is 0.356 e. The summed E-state index contributed by atoms with van der Waals surface area (Å²) >= 11 is 0. The molecule has 0 radical (unpaired) electrons. The maximum absolute atomic E-state index is 12.3. The molecule has 2 aromatic carbocycles. The molecule has 0 aliphatic carbocycles. The van der Waals surface area contributed by atoms with E-state index in [-0.39, 0.29) is 5.91 Å². The minimum Gasteiger partial charge on any atom is -0.356 e. The average Bonchev–Trinajstić information content (AvgIpc) is 3.24. The van der Waals surface area contributed by atoms with Gasteiger partial charge in [-0.25, -0.2) is 4.98 Å². The monoisotopic (exact) mass is 401 g/mol. The topological polar surface area (TPSA) is 70.2 Å². The van der Waals surface area contributed by atoms with E-state index in [0.717, 1.165) is 47.1 Å². The number of aryl methyl sites for hydroxylation is 2. The number of anilines is 4. The first kappa shape index (κ1) is 19.9. The molecule has 0 saturated carbocycles. The summed E-state index contributed by atoms with van der Waals surface area (Å²) in [5.74, 6) is 1.54. The quantitative estimate of drug-likeness (QED) is 0.631. The number of carbonyl (C=O) groups excluding carboxylic acids is 1. The molecule has 4 rings (SSSR count). The van der Waals surface area contributed by atoms with E-state index in [9.17, 15) is 4.79 Å². The number of rotatable bonds is 6. The molecule has 1 aliphatic heterocycles. The highest BCUT2D eigenvalue weighted by molar-refractivity contribution is 5.92. The van der Waals surface area contributed by atoms with Gasteiger partial charge in [-0.1, -0.05) is 29.8 Å². The fourth-order valence-corrected chi connectivity index (χ4v) is 3.69. The fraction of sp³-hybridized carbons (Fsp3) is 0.292. The molecule has 1 aromatic heterocycles. The lowest BCUT2D eigenvalue weighted by atomic mass is 10.1. The maximum atomic E-state index is 12.3. The summed E-state index contributed by atoms with van der Waals surface area (Å²) in [5, 5.41) is 6.23. The summed E-state index contributed by atoms with van der Waals surface area (Å²) in [4.78, 5) is 23.8. The van der Waals surface area contributed by atoms with Gasteiger partial charge in [0, 0.05) is 36.2 Å². The van der Waals surface area contributed by atoms with Crippen LogP contribution in [0.5, 0.6) is 0 Å². The van der Waals surface area contributed by atoms with Gasteiger partial charge in [0.1, 0.15) is 5.82 Å². The Kier molecular flexibility index (Phi) is 5.93. The van der Waals surface area contributed by atoms with Crippen molar-refractivity contribution in [1.29, 1.82) is 0 Å². The molecule has 2 heterocycles. The number of aromatic nitrogens is 2. The van der Waals surface area contributed by atoms with Crippen LogP contribution in [0.2, 0.25) is 0 Å². The number of hydrogen-bond donors (Lipinski definition) is 2. The van der Waals surface area contributed by atoms with Crippen LogP contribution in [0.4, 0.5) is 23.1 Å². The first-order valence-corrected chi connectivity index (χ1v) is 10.4. The number of nitrogens with zero attached hydrogens (tertiary/aromatic N) is 3. The van der Waals surface area contributed by atoms with Crippen LogP contribution >= 0.6 is 0 Å². The van der Waals surface area contributed by atoms with E-state index in [0.29, 0.717) is 12.4 Å². The van der Waals surface area contributed by atoms with E-state index in [1.165, 1.54) is 12.8 Å². The summed E-state index contributed by atoms with van der Waals surface area (Å²) in [7, 11) is 0.